The van der Waals surface area contributed by atoms with E-state index in [4.69, 9.17) is 4.42 Å². The zero-order chi connectivity index (χ0) is 21.1. The van der Waals surface area contributed by atoms with Crippen molar-refractivity contribution in [3.05, 3.63) is 65.4 Å². The summed E-state index contributed by atoms with van der Waals surface area (Å²) in [6.45, 7) is 3.06. The molecule has 1 saturated carbocycles. The van der Waals surface area contributed by atoms with Crippen LogP contribution in [0.3, 0.4) is 0 Å². The van der Waals surface area contributed by atoms with Gasteiger partial charge < -0.3 is 20.0 Å². The van der Waals surface area contributed by atoms with Crippen LogP contribution in [0.4, 0.5) is 5.69 Å². The number of quaternary nitrogens is 1. The van der Waals surface area contributed by atoms with E-state index in [9.17, 15) is 9.59 Å². The van der Waals surface area contributed by atoms with E-state index in [0.717, 1.165) is 46.5 Å². The predicted octanol–water partition coefficient (Wildman–Crippen LogP) is 2.54. The van der Waals surface area contributed by atoms with Gasteiger partial charge in [-0.15, -0.1) is 0 Å². The third-order valence-electron chi connectivity index (χ3n) is 5.40. The summed E-state index contributed by atoms with van der Waals surface area (Å²) >= 11 is 0. The van der Waals surface area contributed by atoms with Crippen molar-refractivity contribution in [3.63, 3.8) is 0 Å². The van der Waals surface area contributed by atoms with E-state index >= 15 is 0 Å². The molecule has 6 nitrogen and oxygen atoms in total. The molecule has 4 rings (SSSR count). The van der Waals surface area contributed by atoms with E-state index in [2.05, 4.69) is 23.6 Å². The Balaban J connectivity index is 1.42. The third kappa shape index (κ3) is 4.54. The van der Waals surface area contributed by atoms with Crippen molar-refractivity contribution in [2.45, 2.75) is 38.8 Å². The first-order chi connectivity index (χ1) is 14.5. The monoisotopic (exact) mass is 406 g/mol. The van der Waals surface area contributed by atoms with Gasteiger partial charge in [0.15, 0.2) is 6.54 Å². The number of fused-ring (bicyclic) bond motifs is 1. The van der Waals surface area contributed by atoms with Crippen molar-refractivity contribution in [3.8, 4) is 0 Å². The zero-order valence-electron chi connectivity index (χ0n) is 17.5. The molecule has 0 spiro atoms. The minimum atomic E-state index is -0.133. The molecule has 30 heavy (non-hydrogen) atoms. The Morgan fingerprint density at radius 1 is 1.10 bits per heavy atom. The molecule has 1 unspecified atom stereocenters. The van der Waals surface area contributed by atoms with Gasteiger partial charge in [0.25, 0.3) is 11.8 Å². The van der Waals surface area contributed by atoms with Gasteiger partial charge in [-0.1, -0.05) is 37.3 Å². The number of para-hydroxylation sites is 2. The number of benzene rings is 2. The van der Waals surface area contributed by atoms with Gasteiger partial charge in [-0.25, -0.2) is 0 Å². The summed E-state index contributed by atoms with van der Waals surface area (Å²) in [6, 6.07) is 15.4. The van der Waals surface area contributed by atoms with Crippen LogP contribution >= 0.6 is 0 Å². The third-order valence-corrected chi connectivity index (χ3v) is 5.40. The van der Waals surface area contributed by atoms with Crippen molar-refractivity contribution in [2.75, 3.05) is 18.9 Å². The molecule has 0 bridgehead atoms. The number of anilines is 1. The fraction of sp³-hybridized carbons (Fsp3) is 0.333. The minimum absolute atomic E-state index is 0.120. The summed E-state index contributed by atoms with van der Waals surface area (Å²) in [7, 11) is 1.99. The highest BCUT2D eigenvalue weighted by Gasteiger charge is 2.25. The molecule has 0 saturated heterocycles. The second-order valence-corrected chi connectivity index (χ2v) is 8.01. The van der Waals surface area contributed by atoms with E-state index in [1.807, 2.05) is 37.4 Å². The molecule has 1 aliphatic carbocycles. The van der Waals surface area contributed by atoms with Crippen molar-refractivity contribution in [1.29, 1.82) is 0 Å². The summed E-state index contributed by atoms with van der Waals surface area (Å²) in [6.07, 6.45) is 2.86. The summed E-state index contributed by atoms with van der Waals surface area (Å²) in [5, 5.41) is 7.00. The summed E-state index contributed by atoms with van der Waals surface area (Å²) in [5.74, 6) is 0.717. The van der Waals surface area contributed by atoms with E-state index in [1.165, 1.54) is 0 Å². The van der Waals surface area contributed by atoms with E-state index in [-0.39, 0.29) is 17.9 Å². The molecule has 2 aromatic carbocycles. The molecule has 6 heteroatoms. The molecule has 1 fully saturated rings. The van der Waals surface area contributed by atoms with Crippen LogP contribution in [-0.2, 0) is 17.8 Å². The van der Waals surface area contributed by atoms with Crippen LogP contribution in [0.2, 0.25) is 0 Å². The van der Waals surface area contributed by atoms with Gasteiger partial charge in [0.2, 0.25) is 0 Å². The first-order valence-electron chi connectivity index (χ1n) is 10.6. The van der Waals surface area contributed by atoms with Gasteiger partial charge >= 0.3 is 0 Å². The number of hydrogen-bond donors (Lipinski definition) is 3. The quantitative estimate of drug-likeness (QED) is 0.538. The maximum absolute atomic E-state index is 12.7. The fourth-order valence-electron chi connectivity index (χ4n) is 3.74. The first kappa shape index (κ1) is 20.2. The number of amides is 2. The van der Waals surface area contributed by atoms with Gasteiger partial charge in [0, 0.05) is 17.8 Å². The topological polar surface area (TPSA) is 75.8 Å². The SMILES string of the molecule is CCc1oc2ccccc2c1C[NH+](C)CC(=O)Nc1ccccc1C(=O)NC1CC1. The van der Waals surface area contributed by atoms with Crippen LogP contribution < -0.4 is 15.5 Å². The van der Waals surface area contributed by atoms with Gasteiger partial charge in [-0.3, -0.25) is 9.59 Å². The zero-order valence-corrected chi connectivity index (χ0v) is 17.5. The molecule has 1 heterocycles. The Morgan fingerprint density at radius 2 is 1.83 bits per heavy atom. The van der Waals surface area contributed by atoms with Crippen LogP contribution in [0.1, 0.15) is 41.4 Å². The predicted molar refractivity (Wildman–Crippen MR) is 117 cm³/mol. The van der Waals surface area contributed by atoms with E-state index < -0.39 is 0 Å². The minimum Gasteiger partial charge on any atom is -0.461 e. The Morgan fingerprint density at radius 3 is 2.60 bits per heavy atom. The molecule has 0 aliphatic heterocycles. The molecule has 2 amide bonds. The number of rotatable bonds is 8. The molecular formula is C24H28N3O3+. The maximum atomic E-state index is 12.7. The molecule has 1 aliphatic rings. The van der Waals surface area contributed by atoms with Crippen molar-refractivity contribution in [1.82, 2.24) is 5.32 Å². The Hall–Kier alpha value is -3.12. The molecule has 0 radical (unpaired) electrons. The van der Waals surface area contributed by atoms with Gasteiger partial charge in [0.05, 0.1) is 23.9 Å². The van der Waals surface area contributed by atoms with Crippen molar-refractivity contribution < 1.29 is 18.9 Å². The summed E-state index contributed by atoms with van der Waals surface area (Å²) in [4.78, 5) is 26.2. The van der Waals surface area contributed by atoms with Crippen LogP contribution in [-0.4, -0.2) is 31.4 Å². The second kappa shape index (κ2) is 8.71. The second-order valence-electron chi connectivity index (χ2n) is 8.01. The lowest BCUT2D eigenvalue weighted by molar-refractivity contribution is -0.885. The van der Waals surface area contributed by atoms with Crippen LogP contribution in [0, 0.1) is 0 Å². The number of likely N-dealkylation sites (N-methyl/N-ethyl adjacent to an activating group) is 1. The number of carbonyl (C=O) groups is 2. The highest BCUT2D eigenvalue weighted by Crippen LogP contribution is 2.25. The number of furan rings is 1. The fourth-order valence-corrected chi connectivity index (χ4v) is 3.74. The van der Waals surface area contributed by atoms with Crippen LogP contribution in [0.15, 0.2) is 52.9 Å². The standard InChI is InChI=1S/C24H27N3O3/c1-3-21-19(17-8-5-7-11-22(17)30-21)14-27(2)15-23(28)26-20-10-6-4-9-18(20)24(29)25-16-12-13-16/h4-11,16H,3,12-15H2,1-2H3,(H,25,29)(H,26,28)/p+1. The van der Waals surface area contributed by atoms with Crippen molar-refractivity contribution in [2.24, 2.45) is 0 Å². The summed E-state index contributed by atoms with van der Waals surface area (Å²) in [5.41, 5.74) is 3.10. The largest absolute Gasteiger partial charge is 0.461 e. The highest BCUT2D eigenvalue weighted by molar-refractivity contribution is 6.04. The molecule has 1 aromatic heterocycles. The molecular weight excluding hydrogens is 378 g/mol. The lowest BCUT2D eigenvalue weighted by atomic mass is 10.1. The molecule has 3 N–H and O–H groups in total. The highest BCUT2D eigenvalue weighted by atomic mass is 16.3. The number of carbonyl (C=O) groups excluding carboxylic acids is 2. The average molecular weight is 407 g/mol. The average Bonchev–Trinajstić information content (AvgIpc) is 3.48. The van der Waals surface area contributed by atoms with Gasteiger partial charge in [-0.2, -0.15) is 0 Å². The van der Waals surface area contributed by atoms with Gasteiger partial charge in [-0.05, 0) is 31.0 Å². The molecule has 1 atom stereocenters. The van der Waals surface area contributed by atoms with Crippen LogP contribution in [0.5, 0.6) is 0 Å². The van der Waals surface area contributed by atoms with E-state index in [0.29, 0.717) is 24.3 Å². The van der Waals surface area contributed by atoms with Gasteiger partial charge in [0.1, 0.15) is 17.9 Å². The first-order valence-corrected chi connectivity index (χ1v) is 10.6. The lowest BCUT2D eigenvalue weighted by Crippen LogP contribution is -3.08. The number of hydrogen-bond acceptors (Lipinski definition) is 3. The molecule has 156 valence electrons. The summed E-state index contributed by atoms with van der Waals surface area (Å²) < 4.78 is 5.97. The number of aryl methyl sites for hydroxylation is 1. The normalized spacial score (nSPS) is 14.5. The Kier molecular flexibility index (Phi) is 5.86. The smallest absolute Gasteiger partial charge is 0.279 e. The number of nitrogens with one attached hydrogen (secondary N) is 3. The Bertz CT molecular complexity index is 1070. The van der Waals surface area contributed by atoms with E-state index in [1.54, 1.807) is 12.1 Å². The van der Waals surface area contributed by atoms with Crippen molar-refractivity contribution >= 4 is 28.5 Å². The maximum Gasteiger partial charge on any atom is 0.279 e. The molecule has 3 aromatic rings. The lowest BCUT2D eigenvalue weighted by Gasteiger charge is -2.15. The Labute approximate surface area is 176 Å². The van der Waals surface area contributed by atoms with Crippen LogP contribution in [0.25, 0.3) is 11.0 Å².